The molecular formula is C16H22N4OS2. The van der Waals surface area contributed by atoms with E-state index in [9.17, 15) is 4.79 Å². The number of fused-ring (bicyclic) bond motifs is 3. The van der Waals surface area contributed by atoms with Crippen molar-refractivity contribution in [1.82, 2.24) is 10.7 Å². The minimum atomic E-state index is -0.0882. The van der Waals surface area contributed by atoms with Crippen molar-refractivity contribution in [2.75, 3.05) is 5.32 Å². The predicted molar refractivity (Wildman–Crippen MR) is 97.5 cm³/mol. The standard InChI is InChI=1S/C16H22N4OS2/c1-8-13(9(2)20-19-8)23-16-17-14(21)12-10-6-4-3-5-7-11(10)22-15(12)18-16/h8,13,16,18-19H,3-7H2,1-2H3,(H,17,21). The van der Waals surface area contributed by atoms with Crippen LogP contribution >= 0.6 is 23.1 Å². The van der Waals surface area contributed by atoms with Gasteiger partial charge < -0.3 is 16.1 Å². The molecule has 3 unspecified atom stereocenters. The third-order valence-corrected chi connectivity index (χ3v) is 7.54. The van der Waals surface area contributed by atoms with Gasteiger partial charge in [0.2, 0.25) is 0 Å². The van der Waals surface area contributed by atoms with Gasteiger partial charge in [0.15, 0.2) is 0 Å². The molecule has 3 heterocycles. The van der Waals surface area contributed by atoms with Crippen molar-refractivity contribution in [2.24, 2.45) is 5.10 Å². The van der Waals surface area contributed by atoms with Crippen LogP contribution in [0.2, 0.25) is 0 Å². The number of thiophene rings is 1. The summed E-state index contributed by atoms with van der Waals surface area (Å²) in [5.41, 5.74) is 6.32. The molecule has 0 saturated heterocycles. The molecular weight excluding hydrogens is 328 g/mol. The predicted octanol–water partition coefficient (Wildman–Crippen LogP) is 2.93. The highest BCUT2D eigenvalue weighted by Gasteiger charge is 2.35. The van der Waals surface area contributed by atoms with Crippen LogP contribution < -0.4 is 16.1 Å². The van der Waals surface area contributed by atoms with Crippen LogP contribution in [0.25, 0.3) is 0 Å². The fourth-order valence-electron chi connectivity index (χ4n) is 3.56. The maximum absolute atomic E-state index is 12.7. The molecule has 0 bridgehead atoms. The Hall–Kier alpha value is -1.21. The van der Waals surface area contributed by atoms with Crippen LogP contribution in [0.15, 0.2) is 5.10 Å². The Labute approximate surface area is 144 Å². The highest BCUT2D eigenvalue weighted by molar-refractivity contribution is 8.01. The summed E-state index contributed by atoms with van der Waals surface area (Å²) in [7, 11) is 0. The van der Waals surface area contributed by atoms with Crippen molar-refractivity contribution in [3.05, 3.63) is 16.0 Å². The molecule has 1 aromatic rings. The molecule has 0 saturated carbocycles. The van der Waals surface area contributed by atoms with E-state index in [0.29, 0.717) is 6.04 Å². The van der Waals surface area contributed by atoms with E-state index >= 15 is 0 Å². The number of rotatable bonds is 2. The topological polar surface area (TPSA) is 65.5 Å². The van der Waals surface area contributed by atoms with E-state index in [1.165, 1.54) is 29.7 Å². The molecule has 124 valence electrons. The molecule has 1 aromatic heterocycles. The fraction of sp³-hybridized carbons (Fsp3) is 0.625. The Kier molecular flexibility index (Phi) is 4.01. The minimum absolute atomic E-state index is 0.0869. The van der Waals surface area contributed by atoms with E-state index in [2.05, 4.69) is 28.1 Å². The number of thioether (sulfide) groups is 1. The highest BCUT2D eigenvalue weighted by Crippen LogP contribution is 2.40. The third-order valence-electron chi connectivity index (χ3n) is 4.77. The number of carbonyl (C=O) groups excluding carboxylic acids is 1. The molecule has 0 fully saturated rings. The molecule has 3 aliphatic rings. The zero-order valence-corrected chi connectivity index (χ0v) is 15.1. The van der Waals surface area contributed by atoms with Gasteiger partial charge in [0.1, 0.15) is 10.5 Å². The summed E-state index contributed by atoms with van der Waals surface area (Å²) in [6, 6.07) is 0.292. The van der Waals surface area contributed by atoms with Crippen molar-refractivity contribution < 1.29 is 4.79 Å². The first kappa shape index (κ1) is 15.3. The zero-order valence-electron chi connectivity index (χ0n) is 13.4. The van der Waals surface area contributed by atoms with Gasteiger partial charge in [-0.1, -0.05) is 6.42 Å². The molecule has 5 nitrogen and oxygen atoms in total. The zero-order chi connectivity index (χ0) is 16.0. The Morgan fingerprint density at radius 1 is 1.22 bits per heavy atom. The molecule has 3 atom stereocenters. The molecule has 0 spiro atoms. The summed E-state index contributed by atoms with van der Waals surface area (Å²) in [4.78, 5) is 14.1. The van der Waals surface area contributed by atoms with E-state index in [4.69, 9.17) is 0 Å². The van der Waals surface area contributed by atoms with Crippen LogP contribution in [0.3, 0.4) is 0 Å². The molecule has 0 radical (unpaired) electrons. The van der Waals surface area contributed by atoms with Gasteiger partial charge in [-0.05, 0) is 45.1 Å². The minimum Gasteiger partial charge on any atom is -0.348 e. The number of carbonyl (C=O) groups is 1. The smallest absolute Gasteiger partial charge is 0.256 e. The molecule has 0 aromatic carbocycles. The van der Waals surface area contributed by atoms with E-state index in [0.717, 1.165) is 29.1 Å². The average molecular weight is 351 g/mol. The SMILES string of the molecule is CC1=NNC(C)C1SC1NC(=O)c2c(sc3c2CCCCC3)N1. The van der Waals surface area contributed by atoms with Gasteiger partial charge in [-0.25, -0.2) is 0 Å². The number of nitrogens with one attached hydrogen (secondary N) is 3. The monoisotopic (exact) mass is 350 g/mol. The number of nitrogens with zero attached hydrogens (tertiary/aromatic N) is 1. The van der Waals surface area contributed by atoms with Crippen LogP contribution in [0.1, 0.15) is 53.9 Å². The average Bonchev–Trinajstić information content (AvgIpc) is 2.92. The number of amides is 1. The lowest BCUT2D eigenvalue weighted by atomic mass is 10.0. The second-order valence-electron chi connectivity index (χ2n) is 6.49. The molecule has 4 rings (SSSR count). The Morgan fingerprint density at radius 2 is 2.04 bits per heavy atom. The summed E-state index contributed by atoms with van der Waals surface area (Å²) >= 11 is 3.52. The largest absolute Gasteiger partial charge is 0.348 e. The molecule has 2 aliphatic heterocycles. The van der Waals surface area contributed by atoms with E-state index in [1.807, 2.05) is 6.92 Å². The summed E-state index contributed by atoms with van der Waals surface area (Å²) in [6.07, 6.45) is 5.88. The van der Waals surface area contributed by atoms with Crippen LogP contribution in [0.5, 0.6) is 0 Å². The van der Waals surface area contributed by atoms with E-state index in [-0.39, 0.29) is 16.7 Å². The Bertz CT molecular complexity index is 669. The van der Waals surface area contributed by atoms with Crippen LogP contribution in [0.4, 0.5) is 5.00 Å². The van der Waals surface area contributed by atoms with Gasteiger partial charge in [-0.2, -0.15) is 5.10 Å². The van der Waals surface area contributed by atoms with Gasteiger partial charge in [-0.3, -0.25) is 4.79 Å². The normalized spacial score (nSPS) is 29.6. The maximum atomic E-state index is 12.7. The van der Waals surface area contributed by atoms with Gasteiger partial charge in [0.05, 0.1) is 16.9 Å². The fourth-order valence-corrected chi connectivity index (χ4v) is 6.15. The Balaban J connectivity index is 1.56. The summed E-state index contributed by atoms with van der Waals surface area (Å²) < 4.78 is 0. The molecule has 1 amide bonds. The third kappa shape index (κ3) is 2.74. The molecule has 1 aliphatic carbocycles. The van der Waals surface area contributed by atoms with E-state index < -0.39 is 0 Å². The van der Waals surface area contributed by atoms with Crippen molar-refractivity contribution in [1.29, 1.82) is 0 Å². The lowest BCUT2D eigenvalue weighted by Gasteiger charge is -2.28. The first-order valence-electron chi connectivity index (χ1n) is 8.30. The number of aryl methyl sites for hydroxylation is 1. The number of hydrazone groups is 1. The second kappa shape index (κ2) is 6.02. The van der Waals surface area contributed by atoms with Crippen molar-refractivity contribution in [2.45, 2.75) is 62.7 Å². The maximum Gasteiger partial charge on any atom is 0.256 e. The van der Waals surface area contributed by atoms with Gasteiger partial charge in [0.25, 0.3) is 5.91 Å². The Morgan fingerprint density at radius 3 is 2.83 bits per heavy atom. The molecule has 23 heavy (non-hydrogen) atoms. The van der Waals surface area contributed by atoms with Crippen LogP contribution in [-0.2, 0) is 12.8 Å². The number of anilines is 1. The summed E-state index contributed by atoms with van der Waals surface area (Å²) in [5.74, 6) is 0.0869. The van der Waals surface area contributed by atoms with Gasteiger partial charge >= 0.3 is 0 Å². The number of hydrogen-bond donors (Lipinski definition) is 3. The summed E-state index contributed by atoms with van der Waals surface area (Å²) in [6.45, 7) is 4.17. The van der Waals surface area contributed by atoms with E-state index in [1.54, 1.807) is 23.1 Å². The lowest BCUT2D eigenvalue weighted by molar-refractivity contribution is 0.0948. The van der Waals surface area contributed by atoms with Crippen LogP contribution in [-0.4, -0.2) is 28.4 Å². The second-order valence-corrected chi connectivity index (χ2v) is 8.85. The highest BCUT2D eigenvalue weighted by atomic mass is 32.2. The van der Waals surface area contributed by atoms with Gasteiger partial charge in [0, 0.05) is 10.6 Å². The number of hydrogen-bond acceptors (Lipinski definition) is 6. The van der Waals surface area contributed by atoms with Gasteiger partial charge in [-0.15, -0.1) is 23.1 Å². The molecule has 3 N–H and O–H groups in total. The lowest BCUT2D eigenvalue weighted by Crippen LogP contribution is -2.45. The quantitative estimate of drug-likeness (QED) is 0.718. The van der Waals surface area contributed by atoms with Crippen molar-refractivity contribution in [3.8, 4) is 0 Å². The molecule has 7 heteroatoms. The van der Waals surface area contributed by atoms with Crippen molar-refractivity contribution >= 4 is 39.7 Å². The van der Waals surface area contributed by atoms with Crippen LogP contribution in [0, 0.1) is 0 Å². The first-order valence-corrected chi connectivity index (χ1v) is 10.1. The summed E-state index contributed by atoms with van der Waals surface area (Å²) in [5, 5.41) is 12.3. The first-order chi connectivity index (χ1) is 11.1. The van der Waals surface area contributed by atoms with Crippen molar-refractivity contribution in [3.63, 3.8) is 0 Å².